The van der Waals surface area contributed by atoms with Crippen molar-refractivity contribution in [3.05, 3.63) is 24.2 Å². The molecule has 2 aromatic rings. The van der Waals surface area contributed by atoms with Gasteiger partial charge in [-0.1, -0.05) is 6.92 Å². The number of nitrogens with zero attached hydrogens (tertiary/aromatic N) is 3. The minimum atomic E-state index is -0.102. The van der Waals surface area contributed by atoms with Gasteiger partial charge in [-0.05, 0) is 31.7 Å². The monoisotopic (exact) mass is 283 g/mol. The second kappa shape index (κ2) is 5.93. The first-order valence-corrected chi connectivity index (χ1v) is 7.97. The van der Waals surface area contributed by atoms with Crippen LogP contribution in [0.4, 0.5) is 0 Å². The van der Waals surface area contributed by atoms with E-state index in [2.05, 4.69) is 27.7 Å². The summed E-state index contributed by atoms with van der Waals surface area (Å²) < 4.78 is 2.21. The van der Waals surface area contributed by atoms with Gasteiger partial charge in [-0.25, -0.2) is 9.97 Å². The van der Waals surface area contributed by atoms with Crippen molar-refractivity contribution in [2.45, 2.75) is 31.7 Å². The van der Waals surface area contributed by atoms with E-state index in [1.165, 1.54) is 0 Å². The molecule has 2 unspecified atom stereocenters. The van der Waals surface area contributed by atoms with Gasteiger partial charge in [-0.15, -0.1) is 11.6 Å². The number of aromatic nitrogens is 3. The van der Waals surface area contributed by atoms with Crippen molar-refractivity contribution in [3.63, 3.8) is 0 Å². The van der Waals surface area contributed by atoms with Crippen molar-refractivity contribution < 1.29 is 0 Å². The lowest BCUT2D eigenvalue weighted by atomic mass is 10.2. The van der Waals surface area contributed by atoms with Gasteiger partial charge in [0, 0.05) is 18.0 Å². The van der Waals surface area contributed by atoms with Crippen molar-refractivity contribution >= 4 is 34.5 Å². The number of imidazole rings is 1. The Morgan fingerprint density at radius 1 is 1.50 bits per heavy atom. The number of rotatable bonds is 5. The van der Waals surface area contributed by atoms with Gasteiger partial charge in [-0.3, -0.25) is 0 Å². The minimum absolute atomic E-state index is 0.102. The largest absolute Gasteiger partial charge is 0.308 e. The first kappa shape index (κ1) is 13.7. The Morgan fingerprint density at radius 3 is 2.89 bits per heavy atom. The highest BCUT2D eigenvalue weighted by Crippen LogP contribution is 2.29. The van der Waals surface area contributed by atoms with Crippen LogP contribution in [0.25, 0.3) is 11.2 Å². The standard InChI is InChI=1S/C13H18ClN3S/c1-4-10(8-18-3)17-12(9(2)14)16-11-6-5-7-15-13(11)17/h5-7,9-10H,4,8H2,1-3H3. The summed E-state index contributed by atoms with van der Waals surface area (Å²) in [6, 6.07) is 4.31. The molecule has 3 nitrogen and oxygen atoms in total. The summed E-state index contributed by atoms with van der Waals surface area (Å²) in [7, 11) is 0. The maximum atomic E-state index is 6.26. The normalized spacial score (nSPS) is 14.9. The molecule has 0 spiro atoms. The molecule has 2 rings (SSSR count). The molecule has 0 aromatic carbocycles. The van der Waals surface area contributed by atoms with Crippen molar-refractivity contribution in [1.82, 2.24) is 14.5 Å². The molecule has 0 radical (unpaired) electrons. The van der Waals surface area contributed by atoms with Gasteiger partial charge < -0.3 is 4.57 Å². The van der Waals surface area contributed by atoms with Crippen LogP contribution in [0, 0.1) is 0 Å². The molecule has 0 aliphatic heterocycles. The summed E-state index contributed by atoms with van der Waals surface area (Å²) >= 11 is 8.11. The van der Waals surface area contributed by atoms with Crippen LogP contribution in [0.1, 0.15) is 37.5 Å². The van der Waals surface area contributed by atoms with Crippen LogP contribution < -0.4 is 0 Å². The molecule has 2 atom stereocenters. The number of alkyl halides is 1. The number of thioether (sulfide) groups is 1. The average Bonchev–Trinajstić information content (AvgIpc) is 2.75. The number of pyridine rings is 1. The Hall–Kier alpha value is -0.740. The Kier molecular flexibility index (Phi) is 4.51. The fourth-order valence-corrected chi connectivity index (χ4v) is 3.08. The number of fused-ring (bicyclic) bond motifs is 1. The predicted molar refractivity (Wildman–Crippen MR) is 79.5 cm³/mol. The predicted octanol–water partition coefficient (Wildman–Crippen LogP) is 4.05. The van der Waals surface area contributed by atoms with E-state index >= 15 is 0 Å². The van der Waals surface area contributed by atoms with Gasteiger partial charge in [0.15, 0.2) is 5.65 Å². The third kappa shape index (κ3) is 2.50. The van der Waals surface area contributed by atoms with Crippen LogP contribution >= 0.6 is 23.4 Å². The molecule has 2 aromatic heterocycles. The Labute approximate surface area is 117 Å². The van der Waals surface area contributed by atoms with E-state index in [1.54, 1.807) is 0 Å². The molecule has 0 fully saturated rings. The molecule has 0 aliphatic rings. The fraction of sp³-hybridized carbons (Fsp3) is 0.538. The topological polar surface area (TPSA) is 30.7 Å². The van der Waals surface area contributed by atoms with Crippen LogP contribution in [0.2, 0.25) is 0 Å². The molecule has 2 heterocycles. The van der Waals surface area contributed by atoms with Gasteiger partial charge >= 0.3 is 0 Å². The third-order valence-electron chi connectivity index (χ3n) is 3.03. The summed E-state index contributed by atoms with van der Waals surface area (Å²) in [4.78, 5) is 9.09. The Bertz CT molecular complexity index is 524. The fourth-order valence-electron chi connectivity index (χ4n) is 2.16. The van der Waals surface area contributed by atoms with E-state index in [1.807, 2.05) is 37.0 Å². The number of halogens is 1. The molecule has 18 heavy (non-hydrogen) atoms. The van der Waals surface area contributed by atoms with E-state index in [-0.39, 0.29) is 5.38 Å². The Balaban J connectivity index is 2.60. The highest BCUT2D eigenvalue weighted by atomic mass is 35.5. The molecule has 0 N–H and O–H groups in total. The lowest BCUT2D eigenvalue weighted by Gasteiger charge is -2.19. The molecule has 0 aliphatic carbocycles. The summed E-state index contributed by atoms with van der Waals surface area (Å²) in [6.07, 6.45) is 4.99. The Morgan fingerprint density at radius 2 is 2.28 bits per heavy atom. The maximum Gasteiger partial charge on any atom is 0.160 e. The van der Waals surface area contributed by atoms with E-state index in [9.17, 15) is 0 Å². The van der Waals surface area contributed by atoms with Crippen molar-refractivity contribution in [2.24, 2.45) is 0 Å². The summed E-state index contributed by atoms with van der Waals surface area (Å²) in [5, 5.41) is -0.102. The summed E-state index contributed by atoms with van der Waals surface area (Å²) in [6.45, 7) is 4.16. The van der Waals surface area contributed by atoms with Crippen LogP contribution in [0.3, 0.4) is 0 Å². The van der Waals surface area contributed by atoms with Crippen LogP contribution in [0.5, 0.6) is 0 Å². The van der Waals surface area contributed by atoms with Crippen LogP contribution in [-0.4, -0.2) is 26.5 Å². The second-order valence-corrected chi connectivity index (χ2v) is 5.88. The zero-order valence-electron chi connectivity index (χ0n) is 10.9. The molecular formula is C13H18ClN3S. The van der Waals surface area contributed by atoms with Crippen molar-refractivity contribution in [3.8, 4) is 0 Å². The van der Waals surface area contributed by atoms with Crippen LogP contribution in [-0.2, 0) is 0 Å². The van der Waals surface area contributed by atoms with E-state index < -0.39 is 0 Å². The zero-order valence-corrected chi connectivity index (χ0v) is 12.5. The van der Waals surface area contributed by atoms with Gasteiger partial charge in [0.25, 0.3) is 0 Å². The first-order valence-electron chi connectivity index (χ1n) is 6.14. The molecule has 0 bridgehead atoms. The SMILES string of the molecule is CCC(CSC)n1c(C(C)Cl)nc2cccnc21. The quantitative estimate of drug-likeness (QED) is 0.776. The highest BCUT2D eigenvalue weighted by Gasteiger charge is 2.20. The van der Waals surface area contributed by atoms with Crippen LogP contribution in [0.15, 0.2) is 18.3 Å². The van der Waals surface area contributed by atoms with E-state index in [4.69, 9.17) is 11.6 Å². The summed E-state index contributed by atoms with van der Waals surface area (Å²) in [5.74, 6) is 1.97. The third-order valence-corrected chi connectivity index (χ3v) is 3.94. The lowest BCUT2D eigenvalue weighted by Crippen LogP contribution is -2.15. The zero-order chi connectivity index (χ0) is 13.1. The molecule has 0 amide bonds. The molecule has 0 saturated heterocycles. The van der Waals surface area contributed by atoms with Crippen molar-refractivity contribution in [1.29, 1.82) is 0 Å². The first-order chi connectivity index (χ1) is 8.69. The van der Waals surface area contributed by atoms with Gasteiger partial charge in [0.2, 0.25) is 0 Å². The molecule has 98 valence electrons. The smallest absolute Gasteiger partial charge is 0.160 e. The van der Waals surface area contributed by atoms with Gasteiger partial charge in [0.05, 0.1) is 5.38 Å². The number of hydrogen-bond donors (Lipinski definition) is 0. The number of hydrogen-bond acceptors (Lipinski definition) is 3. The van der Waals surface area contributed by atoms with Gasteiger partial charge in [-0.2, -0.15) is 11.8 Å². The molecular weight excluding hydrogens is 266 g/mol. The highest BCUT2D eigenvalue weighted by molar-refractivity contribution is 7.98. The summed E-state index contributed by atoms with van der Waals surface area (Å²) in [5.41, 5.74) is 1.88. The second-order valence-electron chi connectivity index (χ2n) is 4.32. The molecule has 5 heteroatoms. The van der Waals surface area contributed by atoms with E-state index in [0.29, 0.717) is 6.04 Å². The molecule has 0 saturated carbocycles. The van der Waals surface area contributed by atoms with E-state index in [0.717, 1.165) is 29.2 Å². The minimum Gasteiger partial charge on any atom is -0.308 e. The van der Waals surface area contributed by atoms with Crippen molar-refractivity contribution in [2.75, 3.05) is 12.0 Å². The maximum absolute atomic E-state index is 6.26. The van der Waals surface area contributed by atoms with Gasteiger partial charge in [0.1, 0.15) is 11.3 Å². The lowest BCUT2D eigenvalue weighted by molar-refractivity contribution is 0.527. The average molecular weight is 284 g/mol.